The van der Waals surface area contributed by atoms with E-state index >= 15 is 0 Å². The van der Waals surface area contributed by atoms with Crippen molar-refractivity contribution in [2.45, 2.75) is 56.0 Å². The maximum Gasteiger partial charge on any atom is 0.227 e. The van der Waals surface area contributed by atoms with E-state index in [-0.39, 0.29) is 41.0 Å². The van der Waals surface area contributed by atoms with Gasteiger partial charge in [0.2, 0.25) is 11.8 Å². The molecule has 1 aromatic carbocycles. The molecule has 5 atom stereocenters. The summed E-state index contributed by atoms with van der Waals surface area (Å²) in [5.74, 6) is 0.712. The standard InChI is InChI=1S/C22H26N6O3/c29-18-3-1-2-17(6-18)27-11-16(5-19(27)30)20(31)25-21-7-14-4-15(8-21)10-22(9-14,12-21)28-24-13-23-26-28/h1-3,6,13-16,29H,4-5,7-12H2,(H,25,31)/t14-,15+,16-,21?,22?/m0/s1. The van der Waals surface area contributed by atoms with E-state index in [0.717, 1.165) is 32.1 Å². The molecule has 2 unspecified atom stereocenters. The molecule has 7 rings (SSSR count). The van der Waals surface area contributed by atoms with Gasteiger partial charge in [0, 0.05) is 30.3 Å². The van der Waals surface area contributed by atoms with Crippen molar-refractivity contribution in [1.82, 2.24) is 25.5 Å². The van der Waals surface area contributed by atoms with Crippen LogP contribution in [-0.2, 0) is 15.1 Å². The normalized spacial score (nSPS) is 36.2. The van der Waals surface area contributed by atoms with Crippen molar-refractivity contribution >= 4 is 17.5 Å². The minimum atomic E-state index is -0.386. The lowest BCUT2D eigenvalue weighted by Crippen LogP contribution is -2.66. The zero-order valence-corrected chi connectivity index (χ0v) is 17.3. The van der Waals surface area contributed by atoms with Crippen LogP contribution in [0.4, 0.5) is 5.69 Å². The first-order valence-electron chi connectivity index (χ1n) is 11.1. The third kappa shape index (κ3) is 3.01. The largest absolute Gasteiger partial charge is 0.508 e. The zero-order chi connectivity index (χ0) is 21.2. The molecule has 9 nitrogen and oxygen atoms in total. The Morgan fingerprint density at radius 1 is 1.19 bits per heavy atom. The van der Waals surface area contributed by atoms with Gasteiger partial charge in [0.15, 0.2) is 6.33 Å². The van der Waals surface area contributed by atoms with E-state index in [1.807, 2.05) is 0 Å². The zero-order valence-electron chi connectivity index (χ0n) is 17.3. The number of anilines is 1. The molecule has 1 aliphatic heterocycles. The molecule has 2 N–H and O–H groups in total. The van der Waals surface area contributed by atoms with Crippen LogP contribution in [0.5, 0.6) is 5.75 Å². The number of amides is 2. The Balaban J connectivity index is 1.21. The molecule has 4 saturated carbocycles. The van der Waals surface area contributed by atoms with Crippen LogP contribution in [0.15, 0.2) is 30.6 Å². The van der Waals surface area contributed by atoms with E-state index in [0.29, 0.717) is 24.1 Å². The topological polar surface area (TPSA) is 113 Å². The molecule has 9 heteroatoms. The van der Waals surface area contributed by atoms with E-state index in [1.165, 1.54) is 12.7 Å². The van der Waals surface area contributed by atoms with E-state index in [1.54, 1.807) is 34.0 Å². The average molecular weight is 422 g/mol. The van der Waals surface area contributed by atoms with Crippen molar-refractivity contribution in [2.24, 2.45) is 17.8 Å². The first-order valence-corrected chi connectivity index (χ1v) is 11.1. The molecule has 5 fully saturated rings. The number of phenols is 1. The Morgan fingerprint density at radius 3 is 2.71 bits per heavy atom. The van der Waals surface area contributed by atoms with Gasteiger partial charge in [0.05, 0.1) is 11.5 Å². The number of carbonyl (C=O) groups excluding carboxylic acids is 2. The molecule has 2 amide bonds. The third-order valence-corrected chi connectivity index (χ3v) is 7.83. The smallest absolute Gasteiger partial charge is 0.227 e. The van der Waals surface area contributed by atoms with Crippen LogP contribution >= 0.6 is 0 Å². The van der Waals surface area contributed by atoms with Gasteiger partial charge in [-0.2, -0.15) is 4.80 Å². The van der Waals surface area contributed by atoms with Crippen LogP contribution in [0.3, 0.4) is 0 Å². The second-order valence-electron chi connectivity index (χ2n) is 10.1. The minimum absolute atomic E-state index is 0.0420. The van der Waals surface area contributed by atoms with Crippen LogP contribution in [0.2, 0.25) is 0 Å². The lowest BCUT2D eigenvalue weighted by atomic mass is 9.50. The molecule has 1 saturated heterocycles. The molecule has 1 aromatic heterocycles. The summed E-state index contributed by atoms with van der Waals surface area (Å²) in [6, 6.07) is 6.62. The number of rotatable bonds is 4. The van der Waals surface area contributed by atoms with Gasteiger partial charge in [0.1, 0.15) is 5.75 Å². The highest BCUT2D eigenvalue weighted by molar-refractivity contribution is 6.00. The lowest BCUT2D eigenvalue weighted by molar-refractivity contribution is -0.135. The monoisotopic (exact) mass is 422 g/mol. The molecule has 31 heavy (non-hydrogen) atoms. The number of benzene rings is 1. The Kier molecular flexibility index (Phi) is 3.94. The molecule has 0 radical (unpaired) electrons. The number of aromatic hydroxyl groups is 1. The molecule has 4 bridgehead atoms. The second kappa shape index (κ2) is 6.51. The van der Waals surface area contributed by atoms with E-state index in [4.69, 9.17) is 0 Å². The molecule has 2 aromatic rings. The number of phenolic OH excluding ortho intramolecular Hbond substituents is 1. The van der Waals surface area contributed by atoms with Crippen molar-refractivity contribution in [3.05, 3.63) is 30.6 Å². The van der Waals surface area contributed by atoms with Gasteiger partial charge in [-0.1, -0.05) is 6.07 Å². The van der Waals surface area contributed by atoms with Crippen LogP contribution in [0, 0.1) is 17.8 Å². The van der Waals surface area contributed by atoms with Crippen LogP contribution in [0.25, 0.3) is 0 Å². The maximum atomic E-state index is 13.3. The van der Waals surface area contributed by atoms with Gasteiger partial charge < -0.3 is 15.3 Å². The minimum Gasteiger partial charge on any atom is -0.508 e. The van der Waals surface area contributed by atoms with Crippen LogP contribution in [0.1, 0.15) is 44.9 Å². The molecule has 4 aliphatic carbocycles. The summed E-state index contributed by atoms with van der Waals surface area (Å²) in [4.78, 5) is 29.3. The summed E-state index contributed by atoms with van der Waals surface area (Å²) in [5.41, 5.74) is 0.217. The summed E-state index contributed by atoms with van der Waals surface area (Å²) in [6.45, 7) is 0.340. The first kappa shape index (κ1) is 18.8. The van der Waals surface area contributed by atoms with Gasteiger partial charge in [-0.15, -0.1) is 10.2 Å². The summed E-state index contributed by atoms with van der Waals surface area (Å²) in [5, 5.41) is 25.7. The van der Waals surface area contributed by atoms with Crippen molar-refractivity contribution < 1.29 is 14.7 Å². The van der Waals surface area contributed by atoms with E-state index in [2.05, 4.69) is 20.7 Å². The summed E-state index contributed by atoms with van der Waals surface area (Å²) in [7, 11) is 0. The average Bonchev–Trinajstić information content (AvgIpc) is 3.37. The summed E-state index contributed by atoms with van der Waals surface area (Å²) >= 11 is 0. The number of nitrogens with one attached hydrogen (secondary N) is 1. The van der Waals surface area contributed by atoms with Gasteiger partial charge >= 0.3 is 0 Å². The van der Waals surface area contributed by atoms with Crippen molar-refractivity contribution in [3.8, 4) is 5.75 Å². The highest BCUT2D eigenvalue weighted by Gasteiger charge is 2.60. The Hall–Kier alpha value is -2.97. The molecular formula is C22H26N6O3. The SMILES string of the molecule is O=C(NC12C[C@H]3C[C@@H](C1)CC(n1ncnn1)(C3)C2)[C@H]1CC(=O)N(c2cccc(O)c2)C1. The van der Waals surface area contributed by atoms with Crippen LogP contribution < -0.4 is 10.2 Å². The maximum absolute atomic E-state index is 13.3. The van der Waals surface area contributed by atoms with Crippen molar-refractivity contribution in [3.63, 3.8) is 0 Å². The number of hydrogen-bond acceptors (Lipinski definition) is 6. The third-order valence-electron chi connectivity index (χ3n) is 7.83. The number of nitrogens with zero attached hydrogens (tertiary/aromatic N) is 5. The summed E-state index contributed by atoms with van der Waals surface area (Å²) < 4.78 is 0. The quantitative estimate of drug-likeness (QED) is 0.774. The van der Waals surface area contributed by atoms with Gasteiger partial charge in [0.25, 0.3) is 0 Å². The number of aromatic nitrogens is 4. The van der Waals surface area contributed by atoms with Gasteiger partial charge in [-0.3, -0.25) is 9.59 Å². The van der Waals surface area contributed by atoms with Crippen molar-refractivity contribution in [2.75, 3.05) is 11.4 Å². The highest BCUT2D eigenvalue weighted by Crippen LogP contribution is 2.60. The summed E-state index contributed by atoms with van der Waals surface area (Å²) in [6.07, 6.45) is 7.79. The molecule has 2 heterocycles. The number of carbonyl (C=O) groups is 2. The van der Waals surface area contributed by atoms with Gasteiger partial charge in [-0.05, 0) is 67.7 Å². The molecule has 0 spiro atoms. The van der Waals surface area contributed by atoms with E-state index in [9.17, 15) is 14.7 Å². The Labute approximate surface area is 179 Å². The number of tetrazole rings is 1. The lowest BCUT2D eigenvalue weighted by Gasteiger charge is -2.61. The fraction of sp³-hybridized carbons (Fsp3) is 0.591. The predicted octanol–water partition coefficient (Wildman–Crippen LogP) is 1.60. The first-order chi connectivity index (χ1) is 14.9. The fourth-order valence-corrected chi connectivity index (χ4v) is 7.14. The van der Waals surface area contributed by atoms with E-state index < -0.39 is 0 Å². The fourth-order valence-electron chi connectivity index (χ4n) is 7.14. The van der Waals surface area contributed by atoms with Gasteiger partial charge in [-0.25, -0.2) is 0 Å². The highest BCUT2D eigenvalue weighted by atomic mass is 16.3. The second-order valence-corrected chi connectivity index (χ2v) is 10.1. The van der Waals surface area contributed by atoms with Crippen LogP contribution in [-0.4, -0.2) is 49.2 Å². The number of hydrogen-bond donors (Lipinski definition) is 2. The molecular weight excluding hydrogens is 396 g/mol. The Bertz CT molecular complexity index is 1020. The molecule has 162 valence electrons. The predicted molar refractivity (Wildman–Crippen MR) is 110 cm³/mol. The van der Waals surface area contributed by atoms with Crippen molar-refractivity contribution in [1.29, 1.82) is 0 Å². The molecule has 5 aliphatic rings. The Morgan fingerprint density at radius 2 is 2.00 bits per heavy atom.